The first-order valence-corrected chi connectivity index (χ1v) is 6.54. The average molecular weight is 276 g/mol. The lowest BCUT2D eigenvalue weighted by Crippen LogP contribution is -2.27. The first kappa shape index (κ1) is 14.8. The summed E-state index contributed by atoms with van der Waals surface area (Å²) in [4.78, 5) is 0. The summed E-state index contributed by atoms with van der Waals surface area (Å²) in [6.07, 6.45) is 0.277. The molecular formula is C13H19Cl2NO. The second-order valence-electron chi connectivity index (χ2n) is 4.71. The Morgan fingerprint density at radius 2 is 1.88 bits per heavy atom. The van der Waals surface area contributed by atoms with E-state index in [1.54, 1.807) is 12.1 Å². The van der Waals surface area contributed by atoms with Crippen LogP contribution >= 0.6 is 23.2 Å². The number of hydrogen-bond acceptors (Lipinski definition) is 2. The van der Waals surface area contributed by atoms with Crippen molar-refractivity contribution in [3.8, 4) is 0 Å². The summed E-state index contributed by atoms with van der Waals surface area (Å²) < 4.78 is 0. The van der Waals surface area contributed by atoms with Crippen molar-refractivity contribution in [3.05, 3.63) is 33.8 Å². The fraction of sp³-hybridized carbons (Fsp3) is 0.538. The number of rotatable bonds is 5. The maximum absolute atomic E-state index is 10.1. The Bertz CT molecular complexity index is 368. The molecule has 2 atom stereocenters. The normalized spacial score (nSPS) is 15.0. The van der Waals surface area contributed by atoms with Crippen LogP contribution in [0.1, 0.15) is 31.7 Å². The van der Waals surface area contributed by atoms with E-state index < -0.39 is 6.10 Å². The van der Waals surface area contributed by atoms with Crippen LogP contribution in [0.15, 0.2) is 18.2 Å². The van der Waals surface area contributed by atoms with Crippen molar-refractivity contribution >= 4 is 23.2 Å². The molecule has 0 aliphatic heterocycles. The SMILES string of the molecule is CC(C)CC(O)C(CN)c1ccc(Cl)c(Cl)c1. The van der Waals surface area contributed by atoms with Crippen LogP contribution in [-0.4, -0.2) is 17.8 Å². The lowest BCUT2D eigenvalue weighted by molar-refractivity contribution is 0.121. The topological polar surface area (TPSA) is 46.2 Å². The van der Waals surface area contributed by atoms with Crippen LogP contribution in [0.5, 0.6) is 0 Å². The molecule has 0 saturated heterocycles. The van der Waals surface area contributed by atoms with Gasteiger partial charge in [-0.05, 0) is 30.0 Å². The summed E-state index contributed by atoms with van der Waals surface area (Å²) in [5.41, 5.74) is 6.67. The third-order valence-electron chi connectivity index (χ3n) is 2.80. The quantitative estimate of drug-likeness (QED) is 0.865. The molecule has 4 heteroatoms. The van der Waals surface area contributed by atoms with Gasteiger partial charge in [-0.25, -0.2) is 0 Å². The Morgan fingerprint density at radius 3 is 2.35 bits per heavy atom. The molecule has 0 aliphatic carbocycles. The zero-order chi connectivity index (χ0) is 13.0. The van der Waals surface area contributed by atoms with Crippen LogP contribution in [0.2, 0.25) is 10.0 Å². The molecule has 0 amide bonds. The number of aliphatic hydroxyl groups excluding tert-OH is 1. The molecule has 1 rings (SSSR count). The van der Waals surface area contributed by atoms with Gasteiger partial charge in [0.15, 0.2) is 0 Å². The van der Waals surface area contributed by atoms with Crippen LogP contribution in [0, 0.1) is 5.92 Å². The predicted molar refractivity (Wildman–Crippen MR) is 73.7 cm³/mol. The number of hydrogen-bond donors (Lipinski definition) is 2. The molecule has 0 fully saturated rings. The summed E-state index contributed by atoms with van der Waals surface area (Å²) >= 11 is 11.8. The van der Waals surface area contributed by atoms with Gasteiger partial charge in [0, 0.05) is 12.5 Å². The summed E-state index contributed by atoms with van der Waals surface area (Å²) in [6.45, 7) is 4.54. The van der Waals surface area contributed by atoms with Crippen LogP contribution in [0.25, 0.3) is 0 Å². The summed E-state index contributed by atoms with van der Waals surface area (Å²) in [7, 11) is 0. The van der Waals surface area contributed by atoms with Gasteiger partial charge in [-0.15, -0.1) is 0 Å². The highest BCUT2D eigenvalue weighted by Gasteiger charge is 2.21. The van der Waals surface area contributed by atoms with E-state index in [4.69, 9.17) is 28.9 Å². The van der Waals surface area contributed by atoms with Crippen LogP contribution in [-0.2, 0) is 0 Å². The van der Waals surface area contributed by atoms with Crippen LogP contribution in [0.3, 0.4) is 0 Å². The minimum Gasteiger partial charge on any atom is -0.392 e. The first-order valence-electron chi connectivity index (χ1n) is 5.78. The van der Waals surface area contributed by atoms with Crippen molar-refractivity contribution in [2.75, 3.05) is 6.54 Å². The first-order chi connectivity index (χ1) is 7.95. The third kappa shape index (κ3) is 4.14. The molecule has 2 nitrogen and oxygen atoms in total. The monoisotopic (exact) mass is 275 g/mol. The van der Waals surface area contributed by atoms with E-state index in [0.717, 1.165) is 12.0 Å². The van der Waals surface area contributed by atoms with Gasteiger partial charge in [-0.2, -0.15) is 0 Å². The van der Waals surface area contributed by atoms with Crippen molar-refractivity contribution in [2.24, 2.45) is 11.7 Å². The summed E-state index contributed by atoms with van der Waals surface area (Å²) in [5, 5.41) is 11.2. The predicted octanol–water partition coefficient (Wildman–Crippen LogP) is 3.44. The fourth-order valence-corrected chi connectivity index (χ4v) is 2.21. The van der Waals surface area contributed by atoms with Crippen molar-refractivity contribution in [3.63, 3.8) is 0 Å². The molecule has 96 valence electrons. The van der Waals surface area contributed by atoms with Gasteiger partial charge < -0.3 is 10.8 Å². The van der Waals surface area contributed by atoms with E-state index in [2.05, 4.69) is 13.8 Å². The van der Waals surface area contributed by atoms with Gasteiger partial charge >= 0.3 is 0 Å². The highest BCUT2D eigenvalue weighted by Crippen LogP contribution is 2.29. The highest BCUT2D eigenvalue weighted by molar-refractivity contribution is 6.42. The molecular weight excluding hydrogens is 257 g/mol. The average Bonchev–Trinajstić information content (AvgIpc) is 2.23. The maximum atomic E-state index is 10.1. The van der Waals surface area contributed by atoms with Gasteiger partial charge in [0.05, 0.1) is 16.1 Å². The smallest absolute Gasteiger partial charge is 0.0623 e. The number of benzene rings is 1. The second-order valence-corrected chi connectivity index (χ2v) is 5.53. The molecule has 17 heavy (non-hydrogen) atoms. The second kappa shape index (κ2) is 6.60. The summed E-state index contributed by atoms with van der Waals surface area (Å²) in [6, 6.07) is 5.39. The molecule has 3 N–H and O–H groups in total. The van der Waals surface area contributed by atoms with Crippen molar-refractivity contribution in [2.45, 2.75) is 32.3 Å². The minimum atomic E-state index is -0.447. The molecule has 0 saturated carbocycles. The molecule has 0 radical (unpaired) electrons. The Kier molecular flexibility index (Phi) is 5.74. The van der Waals surface area contributed by atoms with Gasteiger partial charge in [0.25, 0.3) is 0 Å². The molecule has 0 heterocycles. The van der Waals surface area contributed by atoms with E-state index in [0.29, 0.717) is 22.5 Å². The largest absolute Gasteiger partial charge is 0.392 e. The molecule has 1 aromatic carbocycles. The Hall–Kier alpha value is -0.280. The Balaban J connectivity index is 2.89. The zero-order valence-electron chi connectivity index (χ0n) is 10.2. The van der Waals surface area contributed by atoms with E-state index >= 15 is 0 Å². The van der Waals surface area contributed by atoms with Crippen LogP contribution in [0.4, 0.5) is 0 Å². The fourth-order valence-electron chi connectivity index (χ4n) is 1.91. The lowest BCUT2D eigenvalue weighted by Gasteiger charge is -2.23. The lowest BCUT2D eigenvalue weighted by atomic mass is 9.89. The number of aliphatic hydroxyl groups is 1. The van der Waals surface area contributed by atoms with E-state index in [1.807, 2.05) is 6.07 Å². The highest BCUT2D eigenvalue weighted by atomic mass is 35.5. The summed E-state index contributed by atoms with van der Waals surface area (Å²) in [5.74, 6) is 0.342. The molecule has 1 aromatic rings. The van der Waals surface area contributed by atoms with Crippen molar-refractivity contribution in [1.82, 2.24) is 0 Å². The third-order valence-corrected chi connectivity index (χ3v) is 3.54. The van der Waals surface area contributed by atoms with Gasteiger partial charge in [-0.3, -0.25) is 0 Å². The zero-order valence-corrected chi connectivity index (χ0v) is 11.7. The molecule has 0 aromatic heterocycles. The molecule has 0 bridgehead atoms. The molecule has 2 unspecified atom stereocenters. The molecule has 0 spiro atoms. The van der Waals surface area contributed by atoms with Gasteiger partial charge in [-0.1, -0.05) is 43.1 Å². The van der Waals surface area contributed by atoms with Gasteiger partial charge in [0.2, 0.25) is 0 Å². The number of nitrogens with two attached hydrogens (primary N) is 1. The van der Waals surface area contributed by atoms with E-state index in [9.17, 15) is 5.11 Å². The van der Waals surface area contributed by atoms with E-state index in [-0.39, 0.29) is 5.92 Å². The Labute approximate surface area is 113 Å². The van der Waals surface area contributed by atoms with Gasteiger partial charge in [0.1, 0.15) is 0 Å². The maximum Gasteiger partial charge on any atom is 0.0623 e. The number of halogens is 2. The standard InChI is InChI=1S/C13H19Cl2NO/c1-8(2)5-13(17)10(7-16)9-3-4-11(14)12(15)6-9/h3-4,6,8,10,13,17H,5,7,16H2,1-2H3. The van der Waals surface area contributed by atoms with Crippen molar-refractivity contribution in [1.29, 1.82) is 0 Å². The minimum absolute atomic E-state index is 0.0906. The van der Waals surface area contributed by atoms with Crippen LogP contribution < -0.4 is 5.73 Å². The van der Waals surface area contributed by atoms with Crippen molar-refractivity contribution < 1.29 is 5.11 Å². The molecule has 0 aliphatic rings. The van der Waals surface area contributed by atoms with E-state index in [1.165, 1.54) is 0 Å². The Morgan fingerprint density at radius 1 is 1.24 bits per heavy atom.